The number of hydrogen-bond acceptors (Lipinski definition) is 5. The third kappa shape index (κ3) is 3.11. The maximum absolute atomic E-state index is 11.6. The van der Waals surface area contributed by atoms with E-state index in [1.54, 1.807) is 7.11 Å². The van der Waals surface area contributed by atoms with Crippen LogP contribution in [0.3, 0.4) is 0 Å². The molecule has 1 saturated carbocycles. The second kappa shape index (κ2) is 6.48. The number of rotatable bonds is 7. The second-order valence-electron chi connectivity index (χ2n) is 7.58. The van der Waals surface area contributed by atoms with Gasteiger partial charge in [-0.2, -0.15) is 5.26 Å². The van der Waals surface area contributed by atoms with E-state index >= 15 is 0 Å². The van der Waals surface area contributed by atoms with E-state index in [1.807, 2.05) is 11.0 Å². The van der Waals surface area contributed by atoms with Crippen molar-refractivity contribution >= 4 is 5.97 Å². The summed E-state index contributed by atoms with van der Waals surface area (Å²) >= 11 is 0. The van der Waals surface area contributed by atoms with Crippen molar-refractivity contribution in [2.45, 2.75) is 36.6 Å². The molecule has 1 aliphatic heterocycles. The summed E-state index contributed by atoms with van der Waals surface area (Å²) in [5.41, 5.74) is -0.670. The normalized spacial score (nSPS) is 22.4. The standard InChI is InChI=1S/C21H22N2O4/c1-26-17-5-4-16(12-18(17)27-13-15-2-3-15)20(14-22)8-10-23(11-9-20)21(6-7-21)19(24)25/h2-3,12,15H,6-11,13H2,1H3,(H,24,25). The van der Waals surface area contributed by atoms with E-state index in [-0.39, 0.29) is 0 Å². The zero-order chi connectivity index (χ0) is 19.1. The van der Waals surface area contributed by atoms with E-state index in [0.717, 1.165) is 5.56 Å². The number of piperidine rings is 1. The lowest BCUT2D eigenvalue weighted by molar-refractivity contribution is -0.145. The molecule has 0 atom stereocenters. The van der Waals surface area contributed by atoms with Crippen LogP contribution in [0.2, 0.25) is 0 Å². The minimum Gasteiger partial charge on any atom is -0.488 e. The highest BCUT2D eigenvalue weighted by molar-refractivity contribution is 5.82. The van der Waals surface area contributed by atoms with Crippen LogP contribution in [0, 0.1) is 29.4 Å². The van der Waals surface area contributed by atoms with Gasteiger partial charge >= 0.3 is 5.97 Å². The van der Waals surface area contributed by atoms with Crippen LogP contribution in [0.5, 0.6) is 11.5 Å². The number of ether oxygens (including phenoxy) is 2. The number of carboxylic acid groups (broad SMARTS) is 1. The monoisotopic (exact) mass is 366 g/mol. The summed E-state index contributed by atoms with van der Waals surface area (Å²) in [5.74, 6) is 0.663. The van der Waals surface area contributed by atoms with E-state index in [0.29, 0.717) is 62.8 Å². The van der Waals surface area contributed by atoms with Crippen LogP contribution in [0.4, 0.5) is 0 Å². The molecule has 3 aliphatic rings. The summed E-state index contributed by atoms with van der Waals surface area (Å²) in [5, 5.41) is 19.5. The van der Waals surface area contributed by atoms with Gasteiger partial charge in [0.2, 0.25) is 5.75 Å². The van der Waals surface area contributed by atoms with Crippen molar-refractivity contribution in [2.24, 2.45) is 5.92 Å². The number of hydrogen-bond donors (Lipinski definition) is 1. The third-order valence-electron chi connectivity index (χ3n) is 5.98. The smallest absolute Gasteiger partial charge is 0.324 e. The molecule has 6 nitrogen and oxygen atoms in total. The Labute approximate surface area is 159 Å². The molecular weight excluding hydrogens is 344 g/mol. The summed E-state index contributed by atoms with van der Waals surface area (Å²) in [6.45, 7) is 1.71. The van der Waals surface area contributed by atoms with Crippen molar-refractivity contribution in [3.8, 4) is 17.6 Å². The minimum atomic E-state index is -0.749. The molecule has 4 rings (SSSR count). The minimum absolute atomic E-state index is 0.362. The third-order valence-corrected chi connectivity index (χ3v) is 5.98. The molecule has 0 radical (unpaired) electrons. The Balaban J connectivity index is 1.53. The number of methoxy groups -OCH3 is 1. The average Bonchev–Trinajstić information content (AvgIpc) is 3.60. The van der Waals surface area contributed by atoms with Gasteiger partial charge in [-0.15, -0.1) is 0 Å². The topological polar surface area (TPSA) is 82.8 Å². The van der Waals surface area contributed by atoms with E-state index in [9.17, 15) is 15.2 Å². The highest BCUT2D eigenvalue weighted by Gasteiger charge is 2.56. The van der Waals surface area contributed by atoms with Gasteiger partial charge in [0.1, 0.15) is 5.54 Å². The molecule has 1 heterocycles. The van der Waals surface area contributed by atoms with Crippen molar-refractivity contribution in [2.75, 3.05) is 26.8 Å². The molecule has 27 heavy (non-hydrogen) atoms. The second-order valence-corrected chi connectivity index (χ2v) is 7.58. The molecule has 0 amide bonds. The Morgan fingerprint density at radius 3 is 2.56 bits per heavy atom. The Morgan fingerprint density at radius 1 is 1.33 bits per heavy atom. The summed E-state index contributed by atoms with van der Waals surface area (Å²) in [6.07, 6.45) is 6.65. The van der Waals surface area contributed by atoms with Crippen molar-refractivity contribution in [1.82, 2.24) is 4.90 Å². The van der Waals surface area contributed by atoms with Crippen molar-refractivity contribution in [3.05, 3.63) is 35.9 Å². The Bertz CT molecular complexity index is 808. The number of aliphatic carboxylic acids is 1. The molecular formula is C21H22N2O4. The van der Waals surface area contributed by atoms with Gasteiger partial charge in [-0.25, -0.2) is 0 Å². The Morgan fingerprint density at radius 2 is 2.04 bits per heavy atom. The number of nitriles is 1. The first-order valence-electron chi connectivity index (χ1n) is 9.26. The predicted octanol–water partition coefficient (Wildman–Crippen LogP) is 2.33. The molecule has 1 N–H and O–H groups in total. The number of likely N-dealkylation sites (tertiary alicyclic amines) is 1. The number of carbonyl (C=O) groups is 1. The molecule has 1 aromatic rings. The number of nitrogens with zero attached hydrogens (tertiary/aromatic N) is 2. The molecule has 140 valence electrons. The van der Waals surface area contributed by atoms with Gasteiger partial charge in [0.05, 0.1) is 25.2 Å². The lowest BCUT2D eigenvalue weighted by atomic mass is 9.74. The zero-order valence-electron chi connectivity index (χ0n) is 15.3. The van der Waals surface area contributed by atoms with Gasteiger partial charge in [0.25, 0.3) is 0 Å². The highest BCUT2D eigenvalue weighted by atomic mass is 16.5. The maximum Gasteiger partial charge on any atom is 0.324 e. The van der Waals surface area contributed by atoms with E-state index in [1.165, 1.54) is 0 Å². The first-order valence-corrected chi connectivity index (χ1v) is 9.26. The van der Waals surface area contributed by atoms with Gasteiger partial charge in [0.15, 0.2) is 5.75 Å². The summed E-state index contributed by atoms with van der Waals surface area (Å²) in [7, 11) is 1.56. The first-order chi connectivity index (χ1) is 13.0. The van der Waals surface area contributed by atoms with Crippen LogP contribution >= 0.6 is 0 Å². The SMILES string of the molecule is COc1c#cc(C2(C#N)CCN(C3(C(=O)O)CC3)CC2)cc1OCC1C=C1. The quantitative estimate of drug-likeness (QED) is 0.746. The van der Waals surface area contributed by atoms with E-state index < -0.39 is 16.9 Å². The lowest BCUT2D eigenvalue weighted by Crippen LogP contribution is -2.51. The van der Waals surface area contributed by atoms with Crippen molar-refractivity contribution in [1.29, 1.82) is 5.26 Å². The first kappa shape index (κ1) is 17.7. The summed E-state index contributed by atoms with van der Waals surface area (Å²) < 4.78 is 11.2. The fourth-order valence-electron chi connectivity index (χ4n) is 3.85. The highest BCUT2D eigenvalue weighted by Crippen LogP contribution is 2.46. The van der Waals surface area contributed by atoms with Crippen LogP contribution in [0.15, 0.2) is 18.2 Å². The number of carboxylic acids is 1. The van der Waals surface area contributed by atoms with Gasteiger partial charge < -0.3 is 14.6 Å². The van der Waals surface area contributed by atoms with Gasteiger partial charge in [-0.05, 0) is 37.8 Å². The summed E-state index contributed by atoms with van der Waals surface area (Å²) in [4.78, 5) is 13.6. The molecule has 0 aromatic heterocycles. The van der Waals surface area contributed by atoms with Crippen molar-refractivity contribution < 1.29 is 19.4 Å². The molecule has 0 spiro atoms. The average molecular weight is 366 g/mol. The van der Waals surface area contributed by atoms with Gasteiger partial charge in [-0.1, -0.05) is 18.2 Å². The van der Waals surface area contributed by atoms with Crippen LogP contribution in [-0.4, -0.2) is 48.3 Å². The lowest BCUT2D eigenvalue weighted by Gasteiger charge is -2.39. The predicted molar refractivity (Wildman–Crippen MR) is 96.5 cm³/mol. The van der Waals surface area contributed by atoms with E-state index in [2.05, 4.69) is 30.4 Å². The van der Waals surface area contributed by atoms with Crippen LogP contribution in [0.1, 0.15) is 31.2 Å². The fraction of sp³-hybridized carbons (Fsp3) is 0.524. The summed E-state index contributed by atoms with van der Waals surface area (Å²) in [6, 6.07) is 10.4. The molecule has 0 unspecified atom stereocenters. The Kier molecular flexibility index (Phi) is 4.25. The van der Waals surface area contributed by atoms with E-state index in [4.69, 9.17) is 9.47 Å². The van der Waals surface area contributed by atoms with Crippen LogP contribution in [0.25, 0.3) is 0 Å². The van der Waals surface area contributed by atoms with Gasteiger partial charge in [0, 0.05) is 24.6 Å². The largest absolute Gasteiger partial charge is 0.488 e. The van der Waals surface area contributed by atoms with Crippen molar-refractivity contribution in [3.63, 3.8) is 0 Å². The van der Waals surface area contributed by atoms with Gasteiger partial charge in [-0.3, -0.25) is 9.69 Å². The molecule has 2 fully saturated rings. The molecule has 2 aliphatic carbocycles. The molecule has 0 bridgehead atoms. The zero-order valence-corrected chi connectivity index (χ0v) is 15.3. The van der Waals surface area contributed by atoms with Crippen LogP contribution < -0.4 is 9.47 Å². The van der Waals surface area contributed by atoms with Crippen LogP contribution in [-0.2, 0) is 10.2 Å². The molecule has 1 aromatic carbocycles. The molecule has 1 saturated heterocycles. The maximum atomic E-state index is 11.6. The Hall–Kier alpha value is -2.70. The fourth-order valence-corrected chi connectivity index (χ4v) is 3.85. The molecule has 6 heteroatoms.